The van der Waals surface area contributed by atoms with Gasteiger partial charge in [-0.05, 0) is 11.6 Å². The molecule has 1 heterocycles. The van der Waals surface area contributed by atoms with E-state index in [1.165, 1.54) is 6.07 Å². The molecule has 0 aliphatic carbocycles. The molecule has 2 aromatic rings. The molecule has 1 aromatic carbocycles. The van der Waals surface area contributed by atoms with Gasteiger partial charge in [0, 0.05) is 17.9 Å². The standard InChI is InChI=1S/C15H18FN3/c1-15(2,3)12-9-13(17)19-14(18-12)8-10-6-4-5-7-11(10)16/h4-7,9H,8H2,1-3H3,(H2,17,18,19). The lowest BCUT2D eigenvalue weighted by atomic mass is 9.92. The van der Waals surface area contributed by atoms with E-state index < -0.39 is 0 Å². The first-order chi connectivity index (χ1) is 8.86. The molecule has 100 valence electrons. The number of nitrogens with two attached hydrogens (primary N) is 1. The fraction of sp³-hybridized carbons (Fsp3) is 0.333. The van der Waals surface area contributed by atoms with Crippen LogP contribution in [0.3, 0.4) is 0 Å². The van der Waals surface area contributed by atoms with Crippen LogP contribution in [0.15, 0.2) is 30.3 Å². The molecule has 0 atom stereocenters. The molecule has 1 aromatic heterocycles. The number of nitrogens with zero attached hydrogens (tertiary/aromatic N) is 2. The van der Waals surface area contributed by atoms with E-state index >= 15 is 0 Å². The summed E-state index contributed by atoms with van der Waals surface area (Å²) in [5.41, 5.74) is 7.14. The Balaban J connectivity index is 2.36. The minimum absolute atomic E-state index is 0.110. The Labute approximate surface area is 112 Å². The van der Waals surface area contributed by atoms with Gasteiger partial charge in [-0.15, -0.1) is 0 Å². The number of nitrogen functional groups attached to an aromatic ring is 1. The van der Waals surface area contributed by atoms with E-state index in [1.807, 2.05) is 0 Å². The Morgan fingerprint density at radius 3 is 2.47 bits per heavy atom. The quantitative estimate of drug-likeness (QED) is 0.901. The summed E-state index contributed by atoms with van der Waals surface area (Å²) in [6, 6.07) is 8.41. The maximum atomic E-state index is 13.6. The van der Waals surface area contributed by atoms with Crippen molar-refractivity contribution in [1.82, 2.24) is 9.97 Å². The van der Waals surface area contributed by atoms with Gasteiger partial charge in [0.15, 0.2) is 0 Å². The molecule has 2 rings (SSSR count). The van der Waals surface area contributed by atoms with E-state index in [0.29, 0.717) is 23.6 Å². The summed E-state index contributed by atoms with van der Waals surface area (Å²) in [5, 5.41) is 0. The first-order valence-corrected chi connectivity index (χ1v) is 6.23. The van der Waals surface area contributed by atoms with Crippen molar-refractivity contribution in [3.63, 3.8) is 0 Å². The predicted molar refractivity (Wildman–Crippen MR) is 74.4 cm³/mol. The number of aromatic nitrogens is 2. The molecule has 0 bridgehead atoms. The molecule has 0 spiro atoms. The second kappa shape index (κ2) is 4.96. The SMILES string of the molecule is CC(C)(C)c1cc(N)nc(Cc2ccccc2F)n1. The van der Waals surface area contributed by atoms with Gasteiger partial charge in [0.25, 0.3) is 0 Å². The summed E-state index contributed by atoms with van der Waals surface area (Å²) in [5.74, 6) is 0.729. The number of hydrogen-bond acceptors (Lipinski definition) is 3. The van der Waals surface area contributed by atoms with Crippen LogP contribution in [0.4, 0.5) is 10.2 Å². The normalized spacial score (nSPS) is 11.6. The van der Waals surface area contributed by atoms with Crippen molar-refractivity contribution in [2.24, 2.45) is 0 Å². The van der Waals surface area contributed by atoms with Gasteiger partial charge in [-0.25, -0.2) is 14.4 Å². The van der Waals surface area contributed by atoms with E-state index in [0.717, 1.165) is 5.69 Å². The van der Waals surface area contributed by atoms with Crippen LogP contribution < -0.4 is 5.73 Å². The molecule has 0 aliphatic heterocycles. The van der Waals surface area contributed by atoms with Crippen LogP contribution in [0.2, 0.25) is 0 Å². The average molecular weight is 259 g/mol. The molecule has 0 radical (unpaired) electrons. The Bertz CT molecular complexity index is 588. The van der Waals surface area contributed by atoms with Gasteiger partial charge in [0.2, 0.25) is 0 Å². The highest BCUT2D eigenvalue weighted by molar-refractivity contribution is 5.34. The first kappa shape index (κ1) is 13.5. The zero-order valence-electron chi connectivity index (χ0n) is 11.4. The molecule has 3 nitrogen and oxygen atoms in total. The van der Waals surface area contributed by atoms with E-state index in [9.17, 15) is 4.39 Å². The van der Waals surface area contributed by atoms with E-state index in [4.69, 9.17) is 5.73 Å². The van der Waals surface area contributed by atoms with Crippen LogP contribution in [0.5, 0.6) is 0 Å². The maximum absolute atomic E-state index is 13.6. The zero-order valence-corrected chi connectivity index (χ0v) is 11.4. The van der Waals surface area contributed by atoms with Crippen molar-refractivity contribution < 1.29 is 4.39 Å². The van der Waals surface area contributed by atoms with Crippen molar-refractivity contribution in [3.05, 3.63) is 53.2 Å². The van der Waals surface area contributed by atoms with Crippen LogP contribution in [0.25, 0.3) is 0 Å². The lowest BCUT2D eigenvalue weighted by Gasteiger charge is -2.18. The van der Waals surface area contributed by atoms with Crippen LogP contribution >= 0.6 is 0 Å². The molecule has 2 N–H and O–H groups in total. The molecular formula is C15H18FN3. The molecule has 0 unspecified atom stereocenters. The fourth-order valence-corrected chi connectivity index (χ4v) is 1.79. The maximum Gasteiger partial charge on any atom is 0.135 e. The Morgan fingerprint density at radius 2 is 1.84 bits per heavy atom. The van der Waals surface area contributed by atoms with Gasteiger partial charge < -0.3 is 5.73 Å². The summed E-state index contributed by atoms with van der Waals surface area (Å²) in [7, 11) is 0. The van der Waals surface area contributed by atoms with Gasteiger partial charge in [-0.1, -0.05) is 39.0 Å². The Hall–Kier alpha value is -1.97. The minimum Gasteiger partial charge on any atom is -0.384 e. The van der Waals surface area contributed by atoms with Crippen LogP contribution in [0.1, 0.15) is 37.9 Å². The number of hydrogen-bond donors (Lipinski definition) is 1. The smallest absolute Gasteiger partial charge is 0.135 e. The van der Waals surface area contributed by atoms with Crippen LogP contribution in [-0.4, -0.2) is 9.97 Å². The summed E-state index contributed by atoms with van der Waals surface area (Å²) < 4.78 is 13.6. The topological polar surface area (TPSA) is 51.8 Å². The lowest BCUT2D eigenvalue weighted by molar-refractivity contribution is 0.562. The number of anilines is 1. The third-order valence-electron chi connectivity index (χ3n) is 2.87. The zero-order chi connectivity index (χ0) is 14.0. The van der Waals surface area contributed by atoms with Gasteiger partial charge in [-0.2, -0.15) is 0 Å². The molecular weight excluding hydrogens is 241 g/mol. The second-order valence-electron chi connectivity index (χ2n) is 5.61. The summed E-state index contributed by atoms with van der Waals surface area (Å²) in [6.07, 6.45) is 0.348. The molecule has 0 saturated heterocycles. The Morgan fingerprint density at radius 1 is 1.16 bits per heavy atom. The molecule has 4 heteroatoms. The van der Waals surface area contributed by atoms with Crippen molar-refractivity contribution in [3.8, 4) is 0 Å². The van der Waals surface area contributed by atoms with Gasteiger partial charge >= 0.3 is 0 Å². The molecule has 19 heavy (non-hydrogen) atoms. The number of rotatable bonds is 2. The lowest BCUT2D eigenvalue weighted by Crippen LogP contribution is -2.16. The predicted octanol–water partition coefficient (Wildman–Crippen LogP) is 3.09. The highest BCUT2D eigenvalue weighted by atomic mass is 19.1. The molecule has 0 fully saturated rings. The number of halogens is 1. The average Bonchev–Trinajstić information content (AvgIpc) is 2.30. The summed E-state index contributed by atoms with van der Waals surface area (Å²) in [4.78, 5) is 8.67. The third-order valence-corrected chi connectivity index (χ3v) is 2.87. The highest BCUT2D eigenvalue weighted by Crippen LogP contribution is 2.22. The Kier molecular flexibility index (Phi) is 3.51. The monoisotopic (exact) mass is 259 g/mol. The van der Waals surface area contributed by atoms with Gasteiger partial charge in [-0.3, -0.25) is 0 Å². The highest BCUT2D eigenvalue weighted by Gasteiger charge is 2.17. The summed E-state index contributed by atoms with van der Waals surface area (Å²) >= 11 is 0. The molecule has 0 aliphatic rings. The largest absolute Gasteiger partial charge is 0.384 e. The van der Waals surface area contributed by atoms with Crippen LogP contribution in [0, 0.1) is 5.82 Å². The summed E-state index contributed by atoms with van der Waals surface area (Å²) in [6.45, 7) is 6.17. The van der Waals surface area contributed by atoms with Crippen molar-refractivity contribution >= 4 is 5.82 Å². The van der Waals surface area contributed by atoms with Crippen molar-refractivity contribution in [2.45, 2.75) is 32.6 Å². The van der Waals surface area contributed by atoms with E-state index in [2.05, 4.69) is 30.7 Å². The van der Waals surface area contributed by atoms with Gasteiger partial charge in [0.1, 0.15) is 17.5 Å². The van der Waals surface area contributed by atoms with Crippen molar-refractivity contribution in [2.75, 3.05) is 5.73 Å². The van der Waals surface area contributed by atoms with E-state index in [-0.39, 0.29) is 11.2 Å². The first-order valence-electron chi connectivity index (χ1n) is 6.23. The van der Waals surface area contributed by atoms with E-state index in [1.54, 1.807) is 24.3 Å². The molecule has 0 amide bonds. The van der Waals surface area contributed by atoms with Crippen LogP contribution in [-0.2, 0) is 11.8 Å². The number of benzene rings is 1. The van der Waals surface area contributed by atoms with Gasteiger partial charge in [0.05, 0.1) is 5.69 Å². The fourth-order valence-electron chi connectivity index (χ4n) is 1.79. The second-order valence-corrected chi connectivity index (χ2v) is 5.61. The third kappa shape index (κ3) is 3.28. The van der Waals surface area contributed by atoms with Crippen molar-refractivity contribution in [1.29, 1.82) is 0 Å². The molecule has 0 saturated carbocycles. The minimum atomic E-state index is -0.245.